The summed E-state index contributed by atoms with van der Waals surface area (Å²) in [6.45, 7) is 3.12. The molecule has 20 heavy (non-hydrogen) atoms. The fraction of sp³-hybridized carbons (Fsp3) is 0.357. The van der Waals surface area contributed by atoms with Crippen molar-refractivity contribution in [1.82, 2.24) is 5.32 Å². The van der Waals surface area contributed by atoms with E-state index in [1.165, 1.54) is 13.0 Å². The molecule has 0 aromatic heterocycles. The van der Waals surface area contributed by atoms with Gasteiger partial charge in [0.25, 0.3) is 5.91 Å². The van der Waals surface area contributed by atoms with E-state index in [-0.39, 0.29) is 23.7 Å². The van der Waals surface area contributed by atoms with Gasteiger partial charge in [0.15, 0.2) is 0 Å². The number of hydrogen-bond acceptors (Lipinski definition) is 3. The highest BCUT2D eigenvalue weighted by Gasteiger charge is 2.16. The van der Waals surface area contributed by atoms with Crippen molar-refractivity contribution < 1.29 is 14.0 Å². The average molecular weight is 277 g/mol. The molecular formula is C14H16FN3O2. The second-order valence-electron chi connectivity index (χ2n) is 4.31. The Bertz CT molecular complexity index is 552. The minimum absolute atomic E-state index is 0.113. The van der Waals surface area contributed by atoms with Crippen LogP contribution < -0.4 is 10.6 Å². The predicted molar refractivity (Wildman–Crippen MR) is 72.5 cm³/mol. The molecule has 0 spiro atoms. The summed E-state index contributed by atoms with van der Waals surface area (Å²) in [6.07, 6.45) is 0.800. The molecule has 0 radical (unpaired) electrons. The number of carbonyl (C=O) groups excluding carboxylic acids is 2. The molecule has 0 aliphatic rings. The first-order valence-corrected chi connectivity index (χ1v) is 6.22. The maximum Gasteiger partial charge on any atom is 0.253 e. The van der Waals surface area contributed by atoms with Crippen molar-refractivity contribution >= 4 is 17.5 Å². The lowest BCUT2D eigenvalue weighted by molar-refractivity contribution is -0.114. The van der Waals surface area contributed by atoms with Gasteiger partial charge in [0, 0.05) is 13.0 Å². The summed E-state index contributed by atoms with van der Waals surface area (Å²) in [6, 6.07) is 5.24. The van der Waals surface area contributed by atoms with E-state index < -0.39 is 17.6 Å². The predicted octanol–water partition coefficient (Wildman–Crippen LogP) is 2.21. The molecule has 1 atom stereocenters. The Morgan fingerprint density at radius 1 is 1.45 bits per heavy atom. The standard InChI is InChI=1S/C14H16FN3O2/c1-3-11(6-7-16)18-14(20)12-5-4-10(15)8-13(12)17-9(2)19/h4-5,8,11H,3,6H2,1-2H3,(H,17,19)(H,18,20)/t11-/m0/s1. The van der Waals surface area contributed by atoms with E-state index in [1.54, 1.807) is 0 Å². The molecule has 0 aliphatic carbocycles. The van der Waals surface area contributed by atoms with Crippen LogP contribution in [0.3, 0.4) is 0 Å². The Kier molecular flexibility index (Phi) is 5.66. The quantitative estimate of drug-likeness (QED) is 0.865. The van der Waals surface area contributed by atoms with Gasteiger partial charge in [-0.1, -0.05) is 6.92 Å². The maximum absolute atomic E-state index is 13.2. The largest absolute Gasteiger partial charge is 0.348 e. The average Bonchev–Trinajstić information content (AvgIpc) is 2.37. The van der Waals surface area contributed by atoms with Crippen LogP contribution in [0.5, 0.6) is 0 Å². The first-order valence-electron chi connectivity index (χ1n) is 6.22. The van der Waals surface area contributed by atoms with Crippen molar-refractivity contribution in [2.75, 3.05) is 5.32 Å². The van der Waals surface area contributed by atoms with Crippen LogP contribution in [0.25, 0.3) is 0 Å². The Morgan fingerprint density at radius 3 is 2.70 bits per heavy atom. The molecule has 0 unspecified atom stereocenters. The van der Waals surface area contributed by atoms with Gasteiger partial charge in [-0.3, -0.25) is 9.59 Å². The summed E-state index contributed by atoms with van der Waals surface area (Å²) >= 11 is 0. The minimum Gasteiger partial charge on any atom is -0.348 e. The molecule has 0 aliphatic heterocycles. The van der Waals surface area contributed by atoms with Crippen LogP contribution in [0.4, 0.5) is 10.1 Å². The zero-order valence-corrected chi connectivity index (χ0v) is 11.4. The van der Waals surface area contributed by atoms with Crippen LogP contribution in [0.15, 0.2) is 18.2 Å². The van der Waals surface area contributed by atoms with Crippen molar-refractivity contribution in [2.45, 2.75) is 32.7 Å². The lowest BCUT2D eigenvalue weighted by Gasteiger charge is -2.15. The number of halogens is 1. The molecule has 2 N–H and O–H groups in total. The van der Waals surface area contributed by atoms with Gasteiger partial charge in [-0.2, -0.15) is 5.26 Å². The van der Waals surface area contributed by atoms with Crippen LogP contribution in [0.2, 0.25) is 0 Å². The number of nitriles is 1. The Hall–Kier alpha value is -2.42. The highest BCUT2D eigenvalue weighted by Crippen LogP contribution is 2.17. The molecular weight excluding hydrogens is 261 g/mol. The van der Waals surface area contributed by atoms with E-state index in [1.807, 2.05) is 13.0 Å². The summed E-state index contributed by atoms with van der Waals surface area (Å²) in [7, 11) is 0. The number of anilines is 1. The van der Waals surface area contributed by atoms with Crippen LogP contribution >= 0.6 is 0 Å². The van der Waals surface area contributed by atoms with Crippen molar-refractivity contribution in [1.29, 1.82) is 5.26 Å². The normalized spacial score (nSPS) is 11.3. The fourth-order valence-electron chi connectivity index (χ4n) is 1.68. The van der Waals surface area contributed by atoms with Crippen LogP contribution in [-0.4, -0.2) is 17.9 Å². The topological polar surface area (TPSA) is 82.0 Å². The molecule has 1 rings (SSSR count). The van der Waals surface area contributed by atoms with Gasteiger partial charge in [-0.15, -0.1) is 0 Å². The van der Waals surface area contributed by atoms with Gasteiger partial charge in [0.05, 0.1) is 23.7 Å². The lowest BCUT2D eigenvalue weighted by Crippen LogP contribution is -2.34. The molecule has 106 valence electrons. The first kappa shape index (κ1) is 15.6. The van der Waals surface area contributed by atoms with Gasteiger partial charge < -0.3 is 10.6 Å². The SMILES string of the molecule is CC[C@@H](CC#N)NC(=O)c1ccc(F)cc1NC(C)=O. The monoisotopic (exact) mass is 277 g/mol. The third-order valence-electron chi connectivity index (χ3n) is 2.70. The number of amides is 2. The molecule has 0 saturated carbocycles. The zero-order chi connectivity index (χ0) is 15.1. The van der Waals surface area contributed by atoms with E-state index >= 15 is 0 Å². The summed E-state index contributed by atoms with van der Waals surface area (Å²) < 4.78 is 13.2. The van der Waals surface area contributed by atoms with Crippen LogP contribution in [-0.2, 0) is 4.79 Å². The van der Waals surface area contributed by atoms with Gasteiger partial charge in [0.1, 0.15) is 5.82 Å². The van der Waals surface area contributed by atoms with E-state index in [0.29, 0.717) is 6.42 Å². The van der Waals surface area contributed by atoms with Gasteiger partial charge in [-0.25, -0.2) is 4.39 Å². The van der Waals surface area contributed by atoms with Gasteiger partial charge in [-0.05, 0) is 24.6 Å². The van der Waals surface area contributed by atoms with Crippen molar-refractivity contribution in [3.05, 3.63) is 29.6 Å². The molecule has 5 nitrogen and oxygen atoms in total. The highest BCUT2D eigenvalue weighted by molar-refractivity contribution is 6.03. The third kappa shape index (κ3) is 4.35. The van der Waals surface area contributed by atoms with Crippen molar-refractivity contribution in [3.63, 3.8) is 0 Å². The summed E-state index contributed by atoms with van der Waals surface area (Å²) in [5, 5.41) is 13.7. The summed E-state index contributed by atoms with van der Waals surface area (Å²) in [5.41, 5.74) is 0.278. The molecule has 2 amide bonds. The van der Waals surface area contributed by atoms with Crippen LogP contribution in [0.1, 0.15) is 37.0 Å². The number of carbonyl (C=O) groups is 2. The second kappa shape index (κ2) is 7.24. The Labute approximate surface area is 116 Å². The Balaban J connectivity index is 2.97. The summed E-state index contributed by atoms with van der Waals surface area (Å²) in [4.78, 5) is 23.2. The molecule has 0 heterocycles. The number of benzene rings is 1. The molecule has 0 bridgehead atoms. The summed E-state index contributed by atoms with van der Waals surface area (Å²) in [5.74, 6) is -1.39. The molecule has 1 aromatic rings. The van der Waals surface area contributed by atoms with E-state index in [2.05, 4.69) is 10.6 Å². The minimum atomic E-state index is -0.547. The number of rotatable bonds is 5. The van der Waals surface area contributed by atoms with E-state index in [4.69, 9.17) is 5.26 Å². The van der Waals surface area contributed by atoms with E-state index in [0.717, 1.165) is 12.1 Å². The third-order valence-corrected chi connectivity index (χ3v) is 2.70. The van der Waals surface area contributed by atoms with Crippen molar-refractivity contribution in [3.8, 4) is 6.07 Å². The second-order valence-corrected chi connectivity index (χ2v) is 4.31. The number of nitrogens with one attached hydrogen (secondary N) is 2. The lowest BCUT2D eigenvalue weighted by atomic mass is 10.1. The molecule has 0 fully saturated rings. The van der Waals surface area contributed by atoms with Crippen molar-refractivity contribution in [2.24, 2.45) is 0 Å². The Morgan fingerprint density at radius 2 is 2.15 bits per heavy atom. The molecule has 6 heteroatoms. The smallest absolute Gasteiger partial charge is 0.253 e. The first-order chi connectivity index (χ1) is 9.47. The highest BCUT2D eigenvalue weighted by atomic mass is 19.1. The van der Waals surface area contributed by atoms with E-state index in [9.17, 15) is 14.0 Å². The zero-order valence-electron chi connectivity index (χ0n) is 11.4. The number of nitrogens with zero attached hydrogens (tertiary/aromatic N) is 1. The molecule has 1 aromatic carbocycles. The maximum atomic E-state index is 13.2. The van der Waals surface area contributed by atoms with Gasteiger partial charge >= 0.3 is 0 Å². The number of hydrogen-bond donors (Lipinski definition) is 2. The molecule has 0 saturated heterocycles. The fourth-order valence-corrected chi connectivity index (χ4v) is 1.68. The van der Waals surface area contributed by atoms with Gasteiger partial charge in [0.2, 0.25) is 5.91 Å². The van der Waals surface area contributed by atoms with Crippen LogP contribution in [0, 0.1) is 17.1 Å².